The predicted octanol–water partition coefficient (Wildman–Crippen LogP) is 2.79. The maximum absolute atomic E-state index is 11.3. The average Bonchev–Trinajstić information content (AvgIpc) is 2.78. The van der Waals surface area contributed by atoms with Crippen LogP contribution in [-0.2, 0) is 11.3 Å². The van der Waals surface area contributed by atoms with Gasteiger partial charge in [-0.1, -0.05) is 32.6 Å². The number of hydrogen-bond donors (Lipinski definition) is 2. The maximum Gasteiger partial charge on any atom is 0.241 e. The van der Waals surface area contributed by atoms with E-state index in [1.165, 1.54) is 44.9 Å². The first-order chi connectivity index (χ1) is 10.2. The Balaban J connectivity index is 1.83. The smallest absolute Gasteiger partial charge is 0.241 e. The zero-order chi connectivity index (χ0) is 15.1. The summed E-state index contributed by atoms with van der Waals surface area (Å²) in [4.78, 5) is 11.3. The minimum atomic E-state index is -0.0264. The van der Waals surface area contributed by atoms with Gasteiger partial charge in [-0.2, -0.15) is 5.10 Å². The number of hydrogen-bond acceptors (Lipinski definition) is 3. The number of anilines is 1. The van der Waals surface area contributed by atoms with E-state index in [1.807, 2.05) is 12.4 Å². The summed E-state index contributed by atoms with van der Waals surface area (Å²) in [5, 5.41) is 10.4. The largest absolute Gasteiger partial charge is 0.380 e. The van der Waals surface area contributed by atoms with E-state index >= 15 is 0 Å². The van der Waals surface area contributed by atoms with Crippen LogP contribution >= 0.6 is 0 Å². The Bertz CT molecular complexity index is 443. The lowest BCUT2D eigenvalue weighted by Crippen LogP contribution is -2.23. The second-order valence-corrected chi connectivity index (χ2v) is 6.10. The Labute approximate surface area is 127 Å². The van der Waals surface area contributed by atoms with Crippen LogP contribution in [0, 0.1) is 5.92 Å². The highest BCUT2D eigenvalue weighted by molar-refractivity contribution is 5.75. The molecule has 1 saturated carbocycles. The van der Waals surface area contributed by atoms with Gasteiger partial charge in [0.05, 0.1) is 11.9 Å². The number of amides is 1. The van der Waals surface area contributed by atoms with E-state index in [4.69, 9.17) is 0 Å². The van der Waals surface area contributed by atoms with Crippen LogP contribution in [0.1, 0.15) is 51.9 Å². The zero-order valence-electron chi connectivity index (χ0n) is 13.3. The van der Waals surface area contributed by atoms with Crippen molar-refractivity contribution in [2.24, 2.45) is 5.92 Å². The van der Waals surface area contributed by atoms with Crippen molar-refractivity contribution in [1.29, 1.82) is 0 Å². The molecule has 2 atom stereocenters. The van der Waals surface area contributed by atoms with E-state index in [1.54, 1.807) is 11.7 Å². The summed E-state index contributed by atoms with van der Waals surface area (Å²) in [5.41, 5.74) is 1.03. The molecule has 1 aromatic heterocycles. The fourth-order valence-electron chi connectivity index (χ4n) is 3.21. The van der Waals surface area contributed by atoms with Crippen molar-refractivity contribution in [2.75, 3.05) is 12.4 Å². The second-order valence-electron chi connectivity index (χ2n) is 6.10. The number of nitrogens with one attached hydrogen (secondary N) is 2. The normalized spacial score (nSPS) is 22.6. The number of likely N-dealkylation sites (N-methyl/N-ethyl adjacent to an activating group) is 1. The second kappa shape index (κ2) is 8.05. The van der Waals surface area contributed by atoms with Gasteiger partial charge in [0.15, 0.2) is 0 Å². The molecule has 5 heteroatoms. The van der Waals surface area contributed by atoms with Crippen molar-refractivity contribution in [2.45, 2.75) is 64.5 Å². The molecule has 1 aliphatic carbocycles. The van der Waals surface area contributed by atoms with Crippen LogP contribution in [0.15, 0.2) is 12.4 Å². The molecular formula is C16H28N4O. The third kappa shape index (κ3) is 5.06. The Morgan fingerprint density at radius 2 is 2.24 bits per heavy atom. The van der Waals surface area contributed by atoms with E-state index in [9.17, 15) is 4.79 Å². The molecule has 2 rings (SSSR count). The fourth-order valence-corrected chi connectivity index (χ4v) is 3.21. The number of carbonyl (C=O) groups excluding carboxylic acids is 1. The first kappa shape index (κ1) is 15.9. The van der Waals surface area contributed by atoms with Gasteiger partial charge in [0.25, 0.3) is 0 Å². The van der Waals surface area contributed by atoms with Crippen molar-refractivity contribution in [3.63, 3.8) is 0 Å². The summed E-state index contributed by atoms with van der Waals surface area (Å²) in [7, 11) is 1.64. The molecule has 1 aliphatic rings. The van der Waals surface area contributed by atoms with Crippen molar-refractivity contribution in [3.8, 4) is 0 Å². The third-order valence-electron chi connectivity index (χ3n) is 4.37. The lowest BCUT2D eigenvalue weighted by Gasteiger charge is -2.16. The van der Waals surface area contributed by atoms with Crippen molar-refractivity contribution in [1.82, 2.24) is 15.1 Å². The van der Waals surface area contributed by atoms with Gasteiger partial charge in [-0.3, -0.25) is 9.48 Å². The van der Waals surface area contributed by atoms with Gasteiger partial charge in [0, 0.05) is 19.3 Å². The molecule has 0 bridgehead atoms. The molecule has 1 amide bonds. The summed E-state index contributed by atoms with van der Waals surface area (Å²) < 4.78 is 1.68. The zero-order valence-corrected chi connectivity index (χ0v) is 13.3. The van der Waals surface area contributed by atoms with Crippen molar-refractivity contribution < 1.29 is 4.79 Å². The Hall–Kier alpha value is -1.52. The molecule has 0 aliphatic heterocycles. The van der Waals surface area contributed by atoms with Gasteiger partial charge in [-0.05, 0) is 25.2 Å². The summed E-state index contributed by atoms with van der Waals surface area (Å²) in [6, 6.07) is 0.546. The molecule has 5 nitrogen and oxygen atoms in total. The van der Waals surface area contributed by atoms with Crippen LogP contribution in [0.5, 0.6) is 0 Å². The van der Waals surface area contributed by atoms with Crippen LogP contribution in [0.25, 0.3) is 0 Å². The molecule has 0 radical (unpaired) electrons. The first-order valence-electron chi connectivity index (χ1n) is 8.20. The molecule has 1 aromatic rings. The third-order valence-corrected chi connectivity index (χ3v) is 4.37. The Morgan fingerprint density at radius 1 is 1.38 bits per heavy atom. The Morgan fingerprint density at radius 3 is 3.00 bits per heavy atom. The highest BCUT2D eigenvalue weighted by Gasteiger charge is 2.18. The van der Waals surface area contributed by atoms with Crippen LogP contribution in [0.3, 0.4) is 0 Å². The molecule has 0 saturated heterocycles. The standard InChI is InChI=1S/C16H28N4O/c1-3-5-13-6-4-7-14(9-8-13)19-15-10-18-20(11-15)12-16(21)17-2/h10-11,13-14,19H,3-9,12H2,1-2H3,(H,17,21). The maximum atomic E-state index is 11.3. The van der Waals surface area contributed by atoms with Crippen LogP contribution < -0.4 is 10.6 Å². The first-order valence-corrected chi connectivity index (χ1v) is 8.20. The van der Waals surface area contributed by atoms with E-state index in [0.29, 0.717) is 6.04 Å². The van der Waals surface area contributed by atoms with E-state index in [-0.39, 0.29) is 12.5 Å². The van der Waals surface area contributed by atoms with Crippen molar-refractivity contribution in [3.05, 3.63) is 12.4 Å². The molecule has 0 spiro atoms. The summed E-state index contributed by atoms with van der Waals surface area (Å²) in [5.74, 6) is 0.888. The summed E-state index contributed by atoms with van der Waals surface area (Å²) >= 11 is 0. The van der Waals surface area contributed by atoms with Gasteiger partial charge < -0.3 is 10.6 Å². The molecule has 2 unspecified atom stereocenters. The van der Waals surface area contributed by atoms with Crippen LogP contribution in [0.2, 0.25) is 0 Å². The lowest BCUT2D eigenvalue weighted by molar-refractivity contribution is -0.121. The molecule has 1 fully saturated rings. The van der Waals surface area contributed by atoms with E-state index < -0.39 is 0 Å². The van der Waals surface area contributed by atoms with E-state index in [2.05, 4.69) is 22.7 Å². The predicted molar refractivity (Wildman–Crippen MR) is 85.2 cm³/mol. The minimum Gasteiger partial charge on any atom is -0.380 e. The monoisotopic (exact) mass is 292 g/mol. The van der Waals surface area contributed by atoms with Gasteiger partial charge >= 0.3 is 0 Å². The van der Waals surface area contributed by atoms with Crippen molar-refractivity contribution >= 4 is 11.6 Å². The molecule has 1 heterocycles. The van der Waals surface area contributed by atoms with Crippen LogP contribution in [-0.4, -0.2) is 28.8 Å². The number of aromatic nitrogens is 2. The number of nitrogens with zero attached hydrogens (tertiary/aromatic N) is 2. The van der Waals surface area contributed by atoms with E-state index in [0.717, 1.165) is 11.6 Å². The molecule has 118 valence electrons. The Kier molecular flexibility index (Phi) is 6.08. The summed E-state index contributed by atoms with van der Waals surface area (Å²) in [6.45, 7) is 2.56. The van der Waals surface area contributed by atoms with Gasteiger partial charge in [0.1, 0.15) is 6.54 Å². The topological polar surface area (TPSA) is 59.0 Å². The molecule has 2 N–H and O–H groups in total. The number of rotatable bonds is 6. The fraction of sp³-hybridized carbons (Fsp3) is 0.750. The molecular weight excluding hydrogens is 264 g/mol. The molecule has 0 aromatic carbocycles. The lowest BCUT2D eigenvalue weighted by atomic mass is 9.95. The average molecular weight is 292 g/mol. The van der Waals surface area contributed by atoms with Gasteiger partial charge in [-0.25, -0.2) is 0 Å². The SMILES string of the molecule is CCCC1CCCC(Nc2cnn(CC(=O)NC)c2)CC1. The highest BCUT2D eigenvalue weighted by Crippen LogP contribution is 2.28. The van der Waals surface area contributed by atoms with Gasteiger partial charge in [0.2, 0.25) is 5.91 Å². The molecule has 21 heavy (non-hydrogen) atoms. The quantitative estimate of drug-likeness (QED) is 0.793. The highest BCUT2D eigenvalue weighted by atomic mass is 16.1. The number of carbonyl (C=O) groups is 1. The van der Waals surface area contributed by atoms with Crippen LogP contribution in [0.4, 0.5) is 5.69 Å². The minimum absolute atomic E-state index is 0.0264. The van der Waals surface area contributed by atoms with Gasteiger partial charge in [-0.15, -0.1) is 0 Å². The summed E-state index contributed by atoms with van der Waals surface area (Å²) in [6.07, 6.45) is 12.9.